The lowest BCUT2D eigenvalue weighted by molar-refractivity contribution is 0.0230. The summed E-state index contributed by atoms with van der Waals surface area (Å²) in [5, 5.41) is 0. The van der Waals surface area contributed by atoms with Crippen LogP contribution >= 0.6 is 0 Å². The van der Waals surface area contributed by atoms with Crippen LogP contribution in [0.2, 0.25) is 0 Å². The molecule has 0 amide bonds. The Kier molecular flexibility index (Phi) is 6.30. The number of rotatable bonds is 5. The maximum atomic E-state index is 6.16. The first kappa shape index (κ1) is 19.0. The van der Waals surface area contributed by atoms with Crippen molar-refractivity contribution in [1.29, 1.82) is 0 Å². The van der Waals surface area contributed by atoms with Gasteiger partial charge in [-0.05, 0) is 87.2 Å². The molecule has 1 aromatic heterocycles. The zero-order valence-corrected chi connectivity index (χ0v) is 17.2. The molecule has 1 saturated carbocycles. The molecule has 2 nitrogen and oxygen atoms in total. The molecule has 2 aliphatic carbocycles. The van der Waals surface area contributed by atoms with Gasteiger partial charge in [0.1, 0.15) is 0 Å². The Labute approximate surface area is 155 Å². The van der Waals surface area contributed by atoms with Crippen LogP contribution in [0.1, 0.15) is 106 Å². The average molecular weight is 346 g/mol. The highest BCUT2D eigenvalue weighted by Gasteiger charge is 2.34. The third-order valence-electron chi connectivity index (χ3n) is 6.94. The van der Waals surface area contributed by atoms with E-state index in [2.05, 4.69) is 39.3 Å². The zero-order chi connectivity index (χ0) is 18.0. The number of hydrogen-bond donors (Lipinski definition) is 0. The first-order chi connectivity index (χ1) is 12.1. The van der Waals surface area contributed by atoms with Gasteiger partial charge in [0.2, 0.25) is 0 Å². The second-order valence-electron chi connectivity index (χ2n) is 8.77. The van der Waals surface area contributed by atoms with Crippen LogP contribution in [0.3, 0.4) is 0 Å². The van der Waals surface area contributed by atoms with E-state index >= 15 is 0 Å². The first-order valence-corrected chi connectivity index (χ1v) is 10.9. The fraction of sp³-hybridized carbons (Fsp3) is 0.826. The molecule has 0 radical (unpaired) electrons. The Morgan fingerprint density at radius 1 is 1.08 bits per heavy atom. The van der Waals surface area contributed by atoms with E-state index in [9.17, 15) is 0 Å². The number of hydrogen-bond acceptors (Lipinski definition) is 1. The van der Waals surface area contributed by atoms with Crippen molar-refractivity contribution >= 4 is 0 Å². The van der Waals surface area contributed by atoms with Gasteiger partial charge in [0, 0.05) is 25.0 Å². The maximum Gasteiger partial charge on any atom is 0.0581 e. The molecule has 0 aliphatic heterocycles. The van der Waals surface area contributed by atoms with Crippen LogP contribution in [-0.2, 0) is 18.2 Å². The molecule has 0 N–H and O–H groups in total. The van der Waals surface area contributed by atoms with Crippen LogP contribution in [0.25, 0.3) is 0 Å². The Hall–Kier alpha value is -0.760. The van der Waals surface area contributed by atoms with E-state index in [0.717, 1.165) is 24.9 Å². The van der Waals surface area contributed by atoms with Crippen LogP contribution in [0, 0.1) is 12.8 Å². The molecular formula is C23H39NO. The summed E-state index contributed by atoms with van der Waals surface area (Å²) in [5.74, 6) is 2.31. The minimum Gasteiger partial charge on any atom is -0.378 e. The second-order valence-corrected chi connectivity index (χ2v) is 8.77. The summed E-state index contributed by atoms with van der Waals surface area (Å²) >= 11 is 0. The number of aromatic nitrogens is 1. The second kappa shape index (κ2) is 8.29. The van der Waals surface area contributed by atoms with Gasteiger partial charge in [-0.2, -0.15) is 0 Å². The van der Waals surface area contributed by atoms with Gasteiger partial charge in [-0.3, -0.25) is 0 Å². The van der Waals surface area contributed by atoms with E-state index in [1.807, 2.05) is 0 Å². The average Bonchev–Trinajstić information content (AvgIpc) is 2.76. The topological polar surface area (TPSA) is 14.2 Å². The summed E-state index contributed by atoms with van der Waals surface area (Å²) in [4.78, 5) is 0. The number of fused-ring (bicyclic) bond motifs is 1. The molecule has 2 aliphatic rings. The smallest absolute Gasteiger partial charge is 0.0581 e. The molecule has 1 fully saturated rings. The van der Waals surface area contributed by atoms with Gasteiger partial charge < -0.3 is 9.30 Å². The van der Waals surface area contributed by atoms with E-state index < -0.39 is 0 Å². The SMILES string of the molecule is CCCOC1CCCC(c2c3c(n(C)c2C)CC(C)CCC3CC)C1. The van der Waals surface area contributed by atoms with Crippen LogP contribution in [-0.4, -0.2) is 17.3 Å². The van der Waals surface area contributed by atoms with Crippen molar-refractivity contribution in [3.05, 3.63) is 22.5 Å². The molecule has 2 heteroatoms. The first-order valence-electron chi connectivity index (χ1n) is 10.9. The Morgan fingerprint density at radius 2 is 1.88 bits per heavy atom. The van der Waals surface area contributed by atoms with Crippen LogP contribution in [0.5, 0.6) is 0 Å². The molecule has 4 atom stereocenters. The van der Waals surface area contributed by atoms with E-state index in [1.54, 1.807) is 22.5 Å². The van der Waals surface area contributed by atoms with E-state index in [1.165, 1.54) is 51.4 Å². The predicted molar refractivity (Wildman–Crippen MR) is 107 cm³/mol. The van der Waals surface area contributed by atoms with Gasteiger partial charge in [-0.15, -0.1) is 0 Å². The highest BCUT2D eigenvalue weighted by Crippen LogP contribution is 2.46. The number of nitrogens with zero attached hydrogens (tertiary/aromatic N) is 1. The third kappa shape index (κ3) is 3.84. The fourth-order valence-corrected chi connectivity index (χ4v) is 5.45. The molecule has 1 aromatic rings. The fourth-order valence-electron chi connectivity index (χ4n) is 5.45. The van der Waals surface area contributed by atoms with Gasteiger partial charge in [-0.1, -0.05) is 27.2 Å². The van der Waals surface area contributed by atoms with Crippen molar-refractivity contribution in [2.45, 2.75) is 103 Å². The minimum atomic E-state index is 0.485. The molecule has 0 spiro atoms. The molecule has 4 unspecified atom stereocenters. The van der Waals surface area contributed by atoms with Crippen molar-refractivity contribution < 1.29 is 4.74 Å². The number of ether oxygens (including phenoxy) is 1. The van der Waals surface area contributed by atoms with Crippen molar-refractivity contribution in [2.75, 3.05) is 6.61 Å². The standard InChI is InChI=1S/C23H39NO/c1-6-13-25-20-10-8-9-19(15-20)22-17(4)24(5)21-14-16(3)11-12-18(7-2)23(21)22/h16,18-20H,6-15H2,1-5H3. The largest absolute Gasteiger partial charge is 0.378 e. The summed E-state index contributed by atoms with van der Waals surface area (Å²) in [6.45, 7) is 10.4. The van der Waals surface area contributed by atoms with Gasteiger partial charge in [0.25, 0.3) is 0 Å². The maximum absolute atomic E-state index is 6.16. The van der Waals surface area contributed by atoms with Crippen molar-refractivity contribution in [3.63, 3.8) is 0 Å². The van der Waals surface area contributed by atoms with E-state index in [-0.39, 0.29) is 0 Å². The van der Waals surface area contributed by atoms with Crippen LogP contribution in [0.4, 0.5) is 0 Å². The van der Waals surface area contributed by atoms with E-state index in [0.29, 0.717) is 12.0 Å². The van der Waals surface area contributed by atoms with Crippen LogP contribution in [0.15, 0.2) is 0 Å². The van der Waals surface area contributed by atoms with Gasteiger partial charge >= 0.3 is 0 Å². The van der Waals surface area contributed by atoms with E-state index in [4.69, 9.17) is 4.74 Å². The summed E-state index contributed by atoms with van der Waals surface area (Å²) in [6, 6.07) is 0. The lowest BCUT2D eigenvalue weighted by Crippen LogP contribution is -2.23. The van der Waals surface area contributed by atoms with Gasteiger partial charge in [0.15, 0.2) is 0 Å². The summed E-state index contributed by atoms with van der Waals surface area (Å²) in [7, 11) is 2.32. The van der Waals surface area contributed by atoms with Crippen molar-refractivity contribution in [3.8, 4) is 0 Å². The van der Waals surface area contributed by atoms with Crippen molar-refractivity contribution in [2.24, 2.45) is 13.0 Å². The summed E-state index contributed by atoms with van der Waals surface area (Å²) in [6.07, 6.45) is 12.1. The highest BCUT2D eigenvalue weighted by molar-refractivity contribution is 5.44. The quantitative estimate of drug-likeness (QED) is 0.575. The lowest BCUT2D eigenvalue weighted by Gasteiger charge is -2.31. The molecule has 1 heterocycles. The molecule has 25 heavy (non-hydrogen) atoms. The molecule has 0 bridgehead atoms. The Balaban J connectivity index is 1.94. The monoisotopic (exact) mass is 345 g/mol. The molecule has 0 saturated heterocycles. The molecule has 3 rings (SSSR count). The van der Waals surface area contributed by atoms with Crippen molar-refractivity contribution in [1.82, 2.24) is 4.57 Å². The van der Waals surface area contributed by atoms with Crippen LogP contribution < -0.4 is 0 Å². The lowest BCUT2D eigenvalue weighted by atomic mass is 9.77. The molecular weight excluding hydrogens is 306 g/mol. The van der Waals surface area contributed by atoms with Gasteiger partial charge in [0.05, 0.1) is 6.10 Å². The summed E-state index contributed by atoms with van der Waals surface area (Å²) < 4.78 is 8.71. The molecule has 0 aromatic carbocycles. The Bertz CT molecular complexity index is 573. The third-order valence-corrected chi connectivity index (χ3v) is 6.94. The van der Waals surface area contributed by atoms with Gasteiger partial charge in [-0.25, -0.2) is 0 Å². The minimum absolute atomic E-state index is 0.485. The normalized spacial score (nSPS) is 30.1. The Morgan fingerprint density at radius 3 is 2.60 bits per heavy atom. The highest BCUT2D eigenvalue weighted by atomic mass is 16.5. The summed E-state index contributed by atoms with van der Waals surface area (Å²) in [5.41, 5.74) is 6.68. The zero-order valence-electron chi connectivity index (χ0n) is 17.2. The predicted octanol–water partition coefficient (Wildman–Crippen LogP) is 6.25. The molecule has 142 valence electrons.